The molecule has 0 saturated heterocycles. The third-order valence-corrected chi connectivity index (χ3v) is 2.91. The standard InChI is InChI=1S/C11H11Cl2NO3/c1-17-11(15)5-4-10(14-16)7-2-3-8(12)9(13)6-7/h2-3,6,16H,4-5H2,1H3/b14-10+. The minimum absolute atomic E-state index is 0.135. The second-order valence-electron chi connectivity index (χ2n) is 3.25. The van der Waals surface area contributed by atoms with Crippen LogP contribution in [0.4, 0.5) is 0 Å². The summed E-state index contributed by atoms with van der Waals surface area (Å²) >= 11 is 11.6. The number of ether oxygens (including phenoxy) is 1. The SMILES string of the molecule is COC(=O)CC/C(=N\O)c1ccc(Cl)c(Cl)c1. The van der Waals surface area contributed by atoms with E-state index in [1.165, 1.54) is 7.11 Å². The van der Waals surface area contributed by atoms with E-state index in [9.17, 15) is 4.79 Å². The zero-order valence-electron chi connectivity index (χ0n) is 9.11. The average Bonchev–Trinajstić information content (AvgIpc) is 2.33. The highest BCUT2D eigenvalue weighted by atomic mass is 35.5. The Labute approximate surface area is 109 Å². The molecule has 0 aliphatic rings. The van der Waals surface area contributed by atoms with Crippen LogP contribution in [0, 0.1) is 0 Å². The van der Waals surface area contributed by atoms with E-state index in [-0.39, 0.29) is 18.8 Å². The van der Waals surface area contributed by atoms with Crippen LogP contribution in [-0.4, -0.2) is 24.0 Å². The lowest BCUT2D eigenvalue weighted by Gasteiger charge is -2.05. The zero-order valence-corrected chi connectivity index (χ0v) is 10.6. The van der Waals surface area contributed by atoms with Crippen molar-refractivity contribution in [3.63, 3.8) is 0 Å². The second-order valence-corrected chi connectivity index (χ2v) is 4.07. The summed E-state index contributed by atoms with van der Waals surface area (Å²) in [5.41, 5.74) is 0.972. The molecule has 0 aliphatic carbocycles. The fourth-order valence-electron chi connectivity index (χ4n) is 1.25. The molecule has 0 aromatic heterocycles. The van der Waals surface area contributed by atoms with Gasteiger partial charge in [-0.2, -0.15) is 0 Å². The Morgan fingerprint density at radius 2 is 2.06 bits per heavy atom. The number of rotatable bonds is 4. The highest BCUT2D eigenvalue weighted by Crippen LogP contribution is 2.23. The Morgan fingerprint density at radius 3 is 2.59 bits per heavy atom. The molecule has 0 saturated carbocycles. The van der Waals surface area contributed by atoms with Crippen molar-refractivity contribution < 1.29 is 14.7 Å². The molecule has 0 fully saturated rings. The van der Waals surface area contributed by atoms with Gasteiger partial charge in [0.2, 0.25) is 0 Å². The first kappa shape index (κ1) is 13.8. The van der Waals surface area contributed by atoms with Gasteiger partial charge in [0.05, 0.1) is 29.3 Å². The Morgan fingerprint density at radius 1 is 1.35 bits per heavy atom. The summed E-state index contributed by atoms with van der Waals surface area (Å²) < 4.78 is 4.50. The number of halogens is 2. The topological polar surface area (TPSA) is 58.9 Å². The first-order valence-electron chi connectivity index (χ1n) is 4.81. The normalized spacial score (nSPS) is 11.4. The maximum Gasteiger partial charge on any atom is 0.305 e. The van der Waals surface area contributed by atoms with Crippen molar-refractivity contribution in [1.82, 2.24) is 0 Å². The Hall–Kier alpha value is -1.26. The minimum atomic E-state index is -0.369. The van der Waals surface area contributed by atoms with E-state index in [4.69, 9.17) is 28.4 Å². The van der Waals surface area contributed by atoms with Gasteiger partial charge < -0.3 is 9.94 Å². The number of carbonyl (C=O) groups is 1. The number of esters is 1. The molecule has 0 amide bonds. The molecule has 0 heterocycles. The summed E-state index contributed by atoms with van der Waals surface area (Å²) in [4.78, 5) is 11.0. The molecule has 92 valence electrons. The molecule has 4 nitrogen and oxygen atoms in total. The van der Waals surface area contributed by atoms with E-state index in [1.54, 1.807) is 18.2 Å². The maximum atomic E-state index is 11.0. The molecular formula is C11H11Cl2NO3. The molecular weight excluding hydrogens is 265 g/mol. The van der Waals surface area contributed by atoms with Crippen LogP contribution in [0.25, 0.3) is 0 Å². The number of methoxy groups -OCH3 is 1. The van der Waals surface area contributed by atoms with Crippen LogP contribution in [0.1, 0.15) is 18.4 Å². The highest BCUT2D eigenvalue weighted by molar-refractivity contribution is 6.42. The first-order valence-corrected chi connectivity index (χ1v) is 5.57. The third-order valence-electron chi connectivity index (χ3n) is 2.17. The van der Waals surface area contributed by atoms with Crippen LogP contribution < -0.4 is 0 Å². The fourth-order valence-corrected chi connectivity index (χ4v) is 1.55. The molecule has 1 aromatic rings. The summed E-state index contributed by atoms with van der Waals surface area (Å²) in [5.74, 6) is -0.369. The van der Waals surface area contributed by atoms with Gasteiger partial charge in [0.15, 0.2) is 0 Å². The van der Waals surface area contributed by atoms with Crippen LogP contribution in [0.15, 0.2) is 23.4 Å². The van der Waals surface area contributed by atoms with Crippen molar-refractivity contribution in [2.45, 2.75) is 12.8 Å². The van der Waals surface area contributed by atoms with E-state index in [0.29, 0.717) is 21.3 Å². The lowest BCUT2D eigenvalue weighted by Crippen LogP contribution is -2.07. The van der Waals surface area contributed by atoms with Crippen molar-refractivity contribution in [3.05, 3.63) is 33.8 Å². The summed E-state index contributed by atoms with van der Waals surface area (Å²) in [7, 11) is 1.30. The molecule has 0 bridgehead atoms. The molecule has 1 rings (SSSR count). The molecule has 1 aromatic carbocycles. The Bertz CT molecular complexity index is 446. The van der Waals surface area contributed by atoms with Crippen LogP contribution in [0.2, 0.25) is 10.0 Å². The van der Waals surface area contributed by atoms with E-state index in [1.807, 2.05) is 0 Å². The van der Waals surface area contributed by atoms with Crippen molar-refractivity contribution in [2.75, 3.05) is 7.11 Å². The van der Waals surface area contributed by atoms with E-state index >= 15 is 0 Å². The molecule has 17 heavy (non-hydrogen) atoms. The minimum Gasteiger partial charge on any atom is -0.469 e. The molecule has 0 aliphatic heterocycles. The van der Waals surface area contributed by atoms with Crippen LogP contribution in [0.3, 0.4) is 0 Å². The van der Waals surface area contributed by atoms with Crippen molar-refractivity contribution in [3.8, 4) is 0 Å². The summed E-state index contributed by atoms with van der Waals surface area (Å²) in [6.07, 6.45) is 0.400. The van der Waals surface area contributed by atoms with E-state index in [0.717, 1.165) is 0 Å². The molecule has 0 spiro atoms. The first-order chi connectivity index (χ1) is 8.08. The fraction of sp³-hybridized carbons (Fsp3) is 0.273. The van der Waals surface area contributed by atoms with Gasteiger partial charge in [0.25, 0.3) is 0 Å². The number of hydrogen-bond donors (Lipinski definition) is 1. The lowest BCUT2D eigenvalue weighted by atomic mass is 10.1. The predicted molar refractivity (Wildman–Crippen MR) is 66.0 cm³/mol. The van der Waals surface area contributed by atoms with Gasteiger partial charge in [-0.3, -0.25) is 4.79 Å². The number of nitrogens with zero attached hydrogens (tertiary/aromatic N) is 1. The van der Waals surface area contributed by atoms with Crippen LogP contribution in [0.5, 0.6) is 0 Å². The Balaban J connectivity index is 2.80. The number of oxime groups is 1. The van der Waals surface area contributed by atoms with Crippen molar-refractivity contribution in [1.29, 1.82) is 0 Å². The van der Waals surface area contributed by atoms with Crippen LogP contribution in [-0.2, 0) is 9.53 Å². The van der Waals surface area contributed by atoms with Gasteiger partial charge in [0, 0.05) is 12.0 Å². The largest absolute Gasteiger partial charge is 0.469 e. The molecule has 0 radical (unpaired) electrons. The second kappa shape index (κ2) is 6.47. The monoisotopic (exact) mass is 275 g/mol. The van der Waals surface area contributed by atoms with Crippen molar-refractivity contribution in [2.24, 2.45) is 5.16 Å². The summed E-state index contributed by atoms with van der Waals surface area (Å²) in [5, 5.41) is 12.8. The van der Waals surface area contributed by atoms with Gasteiger partial charge in [-0.1, -0.05) is 34.4 Å². The van der Waals surface area contributed by atoms with Gasteiger partial charge in [0.1, 0.15) is 0 Å². The summed E-state index contributed by atoms with van der Waals surface area (Å²) in [6, 6.07) is 4.85. The zero-order chi connectivity index (χ0) is 12.8. The Kier molecular flexibility index (Phi) is 5.25. The maximum absolute atomic E-state index is 11.0. The lowest BCUT2D eigenvalue weighted by molar-refractivity contribution is -0.140. The van der Waals surface area contributed by atoms with Gasteiger partial charge in [-0.05, 0) is 12.1 Å². The van der Waals surface area contributed by atoms with Gasteiger partial charge in [-0.15, -0.1) is 0 Å². The molecule has 0 unspecified atom stereocenters. The highest BCUT2D eigenvalue weighted by Gasteiger charge is 2.10. The van der Waals surface area contributed by atoms with Crippen molar-refractivity contribution >= 4 is 34.9 Å². The smallest absolute Gasteiger partial charge is 0.305 e. The average molecular weight is 276 g/mol. The predicted octanol–water partition coefficient (Wildman–Crippen LogP) is 3.12. The quantitative estimate of drug-likeness (QED) is 0.398. The number of benzene rings is 1. The van der Waals surface area contributed by atoms with E-state index < -0.39 is 0 Å². The number of hydrogen-bond acceptors (Lipinski definition) is 4. The third kappa shape index (κ3) is 3.91. The van der Waals surface area contributed by atoms with Gasteiger partial charge in [-0.25, -0.2) is 0 Å². The molecule has 1 N–H and O–H groups in total. The van der Waals surface area contributed by atoms with Crippen LogP contribution >= 0.6 is 23.2 Å². The van der Waals surface area contributed by atoms with E-state index in [2.05, 4.69) is 9.89 Å². The molecule has 0 atom stereocenters. The van der Waals surface area contributed by atoms with Gasteiger partial charge >= 0.3 is 5.97 Å². The summed E-state index contributed by atoms with van der Waals surface area (Å²) in [6.45, 7) is 0. The molecule has 6 heteroatoms. The number of carbonyl (C=O) groups excluding carboxylic acids is 1.